The first-order valence-electron chi connectivity index (χ1n) is 4.74. The molecule has 0 spiro atoms. The molecular weight excluding hydrogens is 196 g/mol. The number of ether oxygens (including phenoxy) is 1. The van der Waals surface area contributed by atoms with Gasteiger partial charge in [0.1, 0.15) is 5.41 Å². The maximum Gasteiger partial charge on any atom is 0.146 e. The Morgan fingerprint density at radius 1 is 1.71 bits per heavy atom. The molecule has 1 fully saturated rings. The maximum absolute atomic E-state index is 9.06. The summed E-state index contributed by atoms with van der Waals surface area (Å²) in [7, 11) is 0. The highest BCUT2D eigenvalue weighted by Gasteiger charge is 2.42. The minimum atomic E-state index is -0.442. The number of nitrogens with zero attached hydrogens (tertiary/aromatic N) is 2. The zero-order valence-corrected chi connectivity index (χ0v) is 8.93. The molecule has 2 heterocycles. The van der Waals surface area contributed by atoms with Crippen LogP contribution in [0.25, 0.3) is 0 Å². The SMILES string of the molecule is CCCc1nc(C2(C#N)COC2)cs1. The van der Waals surface area contributed by atoms with Crippen LogP contribution in [0, 0.1) is 11.3 Å². The summed E-state index contributed by atoms with van der Waals surface area (Å²) in [6, 6.07) is 2.31. The summed E-state index contributed by atoms with van der Waals surface area (Å²) in [6.07, 6.45) is 2.11. The topological polar surface area (TPSA) is 45.9 Å². The minimum absolute atomic E-state index is 0.442. The van der Waals surface area contributed by atoms with Crippen LogP contribution in [0.15, 0.2) is 5.38 Å². The van der Waals surface area contributed by atoms with Crippen LogP contribution in [-0.4, -0.2) is 18.2 Å². The second-order valence-corrected chi connectivity index (χ2v) is 4.51. The van der Waals surface area contributed by atoms with Gasteiger partial charge in [0.15, 0.2) is 0 Å². The number of rotatable bonds is 3. The zero-order valence-electron chi connectivity index (χ0n) is 8.12. The van der Waals surface area contributed by atoms with Gasteiger partial charge in [-0.05, 0) is 12.8 Å². The van der Waals surface area contributed by atoms with Crippen LogP contribution in [0.3, 0.4) is 0 Å². The van der Waals surface area contributed by atoms with E-state index in [2.05, 4.69) is 18.0 Å². The van der Waals surface area contributed by atoms with Crippen molar-refractivity contribution in [1.29, 1.82) is 5.26 Å². The predicted octanol–water partition coefficient (Wildman–Crippen LogP) is 1.89. The third kappa shape index (κ3) is 1.43. The molecule has 0 aromatic carbocycles. The summed E-state index contributed by atoms with van der Waals surface area (Å²) in [6.45, 7) is 3.13. The molecule has 0 aliphatic carbocycles. The molecule has 1 aliphatic rings. The van der Waals surface area contributed by atoms with Crippen LogP contribution < -0.4 is 0 Å². The van der Waals surface area contributed by atoms with Crippen molar-refractivity contribution in [1.82, 2.24) is 4.98 Å². The van der Waals surface area contributed by atoms with Gasteiger partial charge in [-0.2, -0.15) is 5.26 Å². The third-order valence-corrected chi connectivity index (χ3v) is 3.33. The molecule has 4 heteroatoms. The van der Waals surface area contributed by atoms with E-state index in [0.717, 1.165) is 23.5 Å². The molecule has 74 valence electrons. The molecule has 1 aromatic rings. The molecule has 1 aliphatic heterocycles. The molecule has 0 N–H and O–H groups in total. The normalized spacial score (nSPS) is 18.6. The highest BCUT2D eigenvalue weighted by molar-refractivity contribution is 7.09. The molecule has 1 aromatic heterocycles. The van der Waals surface area contributed by atoms with E-state index in [9.17, 15) is 0 Å². The van der Waals surface area contributed by atoms with Gasteiger partial charge < -0.3 is 4.74 Å². The molecule has 1 saturated heterocycles. The van der Waals surface area contributed by atoms with Crippen LogP contribution in [0.5, 0.6) is 0 Å². The molecule has 0 bridgehead atoms. The zero-order chi connectivity index (χ0) is 10.0. The number of aryl methyl sites for hydroxylation is 1. The van der Waals surface area contributed by atoms with Crippen molar-refractivity contribution in [2.75, 3.05) is 13.2 Å². The second kappa shape index (κ2) is 3.68. The summed E-state index contributed by atoms with van der Waals surface area (Å²) < 4.78 is 5.09. The number of nitriles is 1. The number of aromatic nitrogens is 1. The molecule has 0 amide bonds. The van der Waals surface area contributed by atoms with Gasteiger partial charge in [0.05, 0.1) is 30.0 Å². The van der Waals surface area contributed by atoms with Gasteiger partial charge >= 0.3 is 0 Å². The first-order valence-corrected chi connectivity index (χ1v) is 5.62. The van der Waals surface area contributed by atoms with Crippen LogP contribution in [0.1, 0.15) is 24.0 Å². The molecule has 2 rings (SSSR count). The molecule has 14 heavy (non-hydrogen) atoms. The first-order chi connectivity index (χ1) is 6.80. The molecular formula is C10H12N2OS. The lowest BCUT2D eigenvalue weighted by molar-refractivity contribution is -0.0315. The molecule has 0 unspecified atom stereocenters. The van der Waals surface area contributed by atoms with E-state index in [1.165, 1.54) is 0 Å². The van der Waals surface area contributed by atoms with E-state index in [4.69, 9.17) is 10.00 Å². The largest absolute Gasteiger partial charge is 0.377 e. The monoisotopic (exact) mass is 208 g/mol. The van der Waals surface area contributed by atoms with Crippen LogP contribution in [-0.2, 0) is 16.6 Å². The smallest absolute Gasteiger partial charge is 0.146 e. The van der Waals surface area contributed by atoms with Gasteiger partial charge in [-0.3, -0.25) is 0 Å². The fraction of sp³-hybridized carbons (Fsp3) is 0.600. The standard InChI is InChI=1S/C10H12N2OS/c1-2-3-9-12-8(4-14-9)10(5-11)6-13-7-10/h4H,2-3,6-7H2,1H3. The van der Waals surface area contributed by atoms with E-state index in [1.807, 2.05) is 5.38 Å². The van der Waals surface area contributed by atoms with Crippen molar-refractivity contribution < 1.29 is 4.74 Å². The fourth-order valence-corrected chi connectivity index (χ4v) is 2.43. The quantitative estimate of drug-likeness (QED) is 0.762. The van der Waals surface area contributed by atoms with Gasteiger partial charge in [0.25, 0.3) is 0 Å². The Balaban J connectivity index is 2.20. The first kappa shape index (κ1) is 9.63. The predicted molar refractivity (Wildman–Crippen MR) is 54.2 cm³/mol. The summed E-state index contributed by atoms with van der Waals surface area (Å²) >= 11 is 1.65. The summed E-state index contributed by atoms with van der Waals surface area (Å²) in [5, 5.41) is 12.2. The van der Waals surface area contributed by atoms with Gasteiger partial charge in [0.2, 0.25) is 0 Å². The summed E-state index contributed by atoms with van der Waals surface area (Å²) in [5.74, 6) is 0. The number of hydrogen-bond donors (Lipinski definition) is 0. The maximum atomic E-state index is 9.06. The van der Waals surface area contributed by atoms with E-state index < -0.39 is 5.41 Å². The highest BCUT2D eigenvalue weighted by atomic mass is 32.1. The minimum Gasteiger partial charge on any atom is -0.377 e. The molecule has 3 nitrogen and oxygen atoms in total. The van der Waals surface area contributed by atoms with Crippen molar-refractivity contribution in [3.8, 4) is 6.07 Å². The number of hydrogen-bond acceptors (Lipinski definition) is 4. The van der Waals surface area contributed by atoms with Gasteiger partial charge in [0, 0.05) is 5.38 Å². The lowest BCUT2D eigenvalue weighted by atomic mass is 9.85. The Morgan fingerprint density at radius 3 is 3.00 bits per heavy atom. The second-order valence-electron chi connectivity index (χ2n) is 3.56. The van der Waals surface area contributed by atoms with E-state index in [-0.39, 0.29) is 0 Å². The Morgan fingerprint density at radius 2 is 2.50 bits per heavy atom. The van der Waals surface area contributed by atoms with Crippen LogP contribution in [0.2, 0.25) is 0 Å². The Hall–Kier alpha value is -0.920. The molecule has 0 saturated carbocycles. The van der Waals surface area contributed by atoms with E-state index in [0.29, 0.717) is 13.2 Å². The van der Waals surface area contributed by atoms with Crippen LogP contribution in [0.4, 0.5) is 0 Å². The van der Waals surface area contributed by atoms with Crippen molar-refractivity contribution in [2.45, 2.75) is 25.2 Å². The Bertz CT molecular complexity index is 362. The van der Waals surface area contributed by atoms with E-state index >= 15 is 0 Å². The van der Waals surface area contributed by atoms with Crippen molar-refractivity contribution >= 4 is 11.3 Å². The van der Waals surface area contributed by atoms with Gasteiger partial charge in [-0.25, -0.2) is 4.98 Å². The summed E-state index contributed by atoms with van der Waals surface area (Å²) in [5.41, 5.74) is 0.461. The number of thiazole rings is 1. The lowest BCUT2D eigenvalue weighted by Crippen LogP contribution is -2.45. The van der Waals surface area contributed by atoms with Crippen LogP contribution >= 0.6 is 11.3 Å². The van der Waals surface area contributed by atoms with Crippen molar-refractivity contribution in [3.05, 3.63) is 16.1 Å². The lowest BCUT2D eigenvalue weighted by Gasteiger charge is -2.33. The van der Waals surface area contributed by atoms with Gasteiger partial charge in [-0.15, -0.1) is 11.3 Å². The highest BCUT2D eigenvalue weighted by Crippen LogP contribution is 2.32. The summed E-state index contributed by atoms with van der Waals surface area (Å²) in [4.78, 5) is 4.48. The van der Waals surface area contributed by atoms with Crippen molar-refractivity contribution in [2.24, 2.45) is 0 Å². The molecule has 0 atom stereocenters. The average molecular weight is 208 g/mol. The fourth-order valence-electron chi connectivity index (χ4n) is 1.44. The Labute approximate surface area is 87.3 Å². The third-order valence-electron chi connectivity index (χ3n) is 2.42. The Kier molecular flexibility index (Phi) is 2.53. The van der Waals surface area contributed by atoms with Gasteiger partial charge in [-0.1, -0.05) is 6.92 Å². The van der Waals surface area contributed by atoms with Crippen molar-refractivity contribution in [3.63, 3.8) is 0 Å². The van der Waals surface area contributed by atoms with E-state index in [1.54, 1.807) is 11.3 Å². The molecule has 0 radical (unpaired) electrons. The average Bonchev–Trinajstić information content (AvgIpc) is 2.54.